The number of nitrogens with zero attached hydrogens (tertiary/aromatic N) is 1. The Kier molecular flexibility index (Phi) is 6.47. The fourth-order valence-electron chi connectivity index (χ4n) is 6.63. The van der Waals surface area contributed by atoms with Crippen LogP contribution in [0.1, 0.15) is 50.2 Å². The summed E-state index contributed by atoms with van der Waals surface area (Å²) >= 11 is 0. The maximum atomic E-state index is 12.8. The van der Waals surface area contributed by atoms with Gasteiger partial charge in [-0.3, -0.25) is 14.4 Å². The van der Waals surface area contributed by atoms with Gasteiger partial charge in [-0.2, -0.15) is 0 Å². The van der Waals surface area contributed by atoms with Crippen LogP contribution < -0.4 is 9.47 Å². The topological polar surface area (TPSA) is 149 Å². The Morgan fingerprint density at radius 3 is 2.63 bits per heavy atom. The molecule has 2 aliphatic heterocycles. The number of likely N-dealkylation sites (tertiary alicyclic amines) is 1. The Hall–Kier alpha value is -3.44. The molecule has 0 aromatic heterocycles. The molecule has 1 fully saturated rings. The number of carboxylic acid groups (broad SMARTS) is 1. The highest BCUT2D eigenvalue weighted by atomic mass is 16.6. The van der Waals surface area contributed by atoms with Crippen molar-refractivity contribution in [1.82, 2.24) is 4.90 Å². The Morgan fingerprint density at radius 1 is 1.21 bits per heavy atom. The quantitative estimate of drug-likeness (QED) is 0.446. The molecule has 38 heavy (non-hydrogen) atoms. The van der Waals surface area contributed by atoms with Crippen LogP contribution in [0.25, 0.3) is 0 Å². The predicted octanol–water partition coefficient (Wildman–Crippen LogP) is 1.27. The van der Waals surface area contributed by atoms with Crippen LogP contribution in [0.15, 0.2) is 24.0 Å². The van der Waals surface area contributed by atoms with Crippen molar-refractivity contribution in [2.75, 3.05) is 20.7 Å². The van der Waals surface area contributed by atoms with E-state index in [1.165, 1.54) is 6.92 Å². The first-order valence-electron chi connectivity index (χ1n) is 12.6. The molecular weight excluding hydrogens is 498 g/mol. The number of aliphatic hydroxyl groups is 1. The summed E-state index contributed by atoms with van der Waals surface area (Å²) < 4.78 is 22.5. The van der Waals surface area contributed by atoms with E-state index in [-0.39, 0.29) is 24.6 Å². The monoisotopic (exact) mass is 529 g/mol. The minimum absolute atomic E-state index is 0.144. The molecule has 0 amide bonds. The van der Waals surface area contributed by atoms with Crippen molar-refractivity contribution >= 4 is 23.7 Å². The van der Waals surface area contributed by atoms with Crippen molar-refractivity contribution in [2.24, 2.45) is 0 Å². The summed E-state index contributed by atoms with van der Waals surface area (Å²) in [7, 11) is 3.55. The first-order chi connectivity index (χ1) is 18.0. The van der Waals surface area contributed by atoms with Gasteiger partial charge in [0.2, 0.25) is 6.10 Å². The van der Waals surface area contributed by atoms with Crippen LogP contribution in [0.4, 0.5) is 0 Å². The number of hydrogen-bond donors (Lipinski definition) is 2. The van der Waals surface area contributed by atoms with Crippen molar-refractivity contribution in [3.63, 3.8) is 0 Å². The maximum absolute atomic E-state index is 12.8. The SMILES string of the molecule is COc1ccc2c3c1O[C@H]1C(OC(=O)CCC(=O)O[C@@H](CC(C)=O)C(=O)O)=CC[C@@]4(O)[C@@H](C2)N(C)CC[C@]314. The number of hydrogen-bond acceptors (Lipinski definition) is 10. The molecule has 1 aromatic carbocycles. The Bertz CT molecular complexity index is 1240. The number of carbonyl (C=O) groups excluding carboxylic acids is 3. The number of ether oxygens (including phenoxy) is 4. The van der Waals surface area contributed by atoms with Crippen molar-refractivity contribution in [1.29, 1.82) is 0 Å². The third-order valence-electron chi connectivity index (χ3n) is 8.34. The van der Waals surface area contributed by atoms with Gasteiger partial charge in [-0.25, -0.2) is 4.79 Å². The molecule has 1 aromatic rings. The normalized spacial score (nSPS) is 29.3. The number of piperidine rings is 1. The summed E-state index contributed by atoms with van der Waals surface area (Å²) in [5.74, 6) is -2.17. The first kappa shape index (κ1) is 26.2. The number of ketones is 1. The fourth-order valence-corrected chi connectivity index (χ4v) is 6.63. The van der Waals surface area contributed by atoms with Crippen molar-refractivity contribution in [3.8, 4) is 11.5 Å². The molecule has 2 N–H and O–H groups in total. The van der Waals surface area contributed by atoms with Crippen LogP contribution >= 0.6 is 0 Å². The molecule has 1 saturated heterocycles. The number of Topliss-reactive ketones (excluding diaryl/α,β-unsaturated/α-hetero) is 1. The standard InChI is InChI=1S/C27H31NO10/c1-14(29)12-18(25(32)33)37-21(31)7-6-20(30)36-17-8-9-27(34)19-13-15-4-5-16(35-3)23-22(15)26(27,24(17)38-23)10-11-28(19)2/h4-5,8,18-19,24,34H,6-7,9-13H2,1-3H3,(H,32,33)/t18-,19+,24-,26-,27+/m0/s1. The van der Waals surface area contributed by atoms with E-state index in [1.807, 2.05) is 19.2 Å². The van der Waals surface area contributed by atoms with Crippen LogP contribution in [0.2, 0.25) is 0 Å². The van der Waals surface area contributed by atoms with E-state index < -0.39 is 59.8 Å². The molecule has 2 bridgehead atoms. The summed E-state index contributed by atoms with van der Waals surface area (Å²) in [5, 5.41) is 21.3. The molecule has 204 valence electrons. The molecule has 4 aliphatic rings. The van der Waals surface area contributed by atoms with Gasteiger partial charge in [0.1, 0.15) is 11.5 Å². The van der Waals surface area contributed by atoms with Crippen LogP contribution in [0, 0.1) is 0 Å². The molecule has 0 radical (unpaired) electrons. The van der Waals surface area contributed by atoms with E-state index in [9.17, 15) is 24.3 Å². The Balaban J connectivity index is 1.35. The molecule has 5 rings (SSSR count). The Labute approximate surface area is 219 Å². The second-order valence-electron chi connectivity index (χ2n) is 10.5. The molecule has 5 atom stereocenters. The van der Waals surface area contributed by atoms with E-state index >= 15 is 0 Å². The maximum Gasteiger partial charge on any atom is 0.345 e. The molecular formula is C27H31NO10. The van der Waals surface area contributed by atoms with Gasteiger partial charge in [-0.1, -0.05) is 6.07 Å². The third kappa shape index (κ3) is 3.87. The van der Waals surface area contributed by atoms with Crippen LogP contribution in [0.5, 0.6) is 11.5 Å². The zero-order valence-corrected chi connectivity index (χ0v) is 21.5. The zero-order chi connectivity index (χ0) is 27.4. The summed E-state index contributed by atoms with van der Waals surface area (Å²) in [6.45, 7) is 1.92. The molecule has 2 aliphatic carbocycles. The van der Waals surface area contributed by atoms with Gasteiger partial charge in [0.05, 0.1) is 37.4 Å². The average molecular weight is 530 g/mol. The van der Waals surface area contributed by atoms with Gasteiger partial charge in [0.15, 0.2) is 17.6 Å². The lowest BCUT2D eigenvalue weighted by Crippen LogP contribution is -2.74. The highest BCUT2D eigenvalue weighted by Crippen LogP contribution is 2.65. The summed E-state index contributed by atoms with van der Waals surface area (Å²) in [4.78, 5) is 49.5. The molecule has 0 unspecified atom stereocenters. The van der Waals surface area contributed by atoms with Gasteiger partial charge in [0.25, 0.3) is 0 Å². The van der Waals surface area contributed by atoms with Gasteiger partial charge < -0.3 is 34.1 Å². The second-order valence-corrected chi connectivity index (χ2v) is 10.5. The number of likely N-dealkylation sites (N-methyl/N-ethyl adjacent to an activating group) is 1. The van der Waals surface area contributed by atoms with Crippen molar-refractivity contribution in [2.45, 2.75) is 74.7 Å². The number of benzene rings is 1. The van der Waals surface area contributed by atoms with Gasteiger partial charge in [0, 0.05) is 18.0 Å². The van der Waals surface area contributed by atoms with Crippen LogP contribution in [0.3, 0.4) is 0 Å². The molecule has 2 heterocycles. The lowest BCUT2D eigenvalue weighted by Gasteiger charge is -2.61. The fraction of sp³-hybridized carbons (Fsp3) is 0.556. The zero-order valence-electron chi connectivity index (χ0n) is 21.5. The van der Waals surface area contributed by atoms with Gasteiger partial charge >= 0.3 is 17.9 Å². The molecule has 1 spiro atoms. The van der Waals surface area contributed by atoms with E-state index in [2.05, 4.69) is 4.90 Å². The second kappa shape index (κ2) is 9.39. The third-order valence-corrected chi connectivity index (χ3v) is 8.34. The summed E-state index contributed by atoms with van der Waals surface area (Å²) in [6.07, 6.45) is -0.414. The van der Waals surface area contributed by atoms with Crippen LogP contribution in [-0.2, 0) is 40.5 Å². The predicted molar refractivity (Wildman–Crippen MR) is 130 cm³/mol. The number of rotatable bonds is 9. The van der Waals surface area contributed by atoms with Crippen molar-refractivity contribution in [3.05, 3.63) is 35.1 Å². The highest BCUT2D eigenvalue weighted by molar-refractivity contribution is 5.86. The van der Waals surface area contributed by atoms with Crippen molar-refractivity contribution < 1.29 is 48.3 Å². The molecule has 11 nitrogen and oxygen atoms in total. The Morgan fingerprint density at radius 2 is 1.95 bits per heavy atom. The largest absolute Gasteiger partial charge is 0.493 e. The number of methoxy groups -OCH3 is 1. The van der Waals surface area contributed by atoms with Gasteiger partial charge in [-0.15, -0.1) is 0 Å². The lowest BCUT2D eigenvalue weighted by atomic mass is 9.50. The smallest absolute Gasteiger partial charge is 0.345 e. The van der Waals surface area contributed by atoms with E-state index in [0.717, 1.165) is 17.7 Å². The van der Waals surface area contributed by atoms with E-state index in [1.54, 1.807) is 13.2 Å². The highest BCUT2D eigenvalue weighted by Gasteiger charge is 2.72. The molecule has 11 heteroatoms. The number of aliphatic carboxylic acids is 1. The van der Waals surface area contributed by atoms with E-state index in [4.69, 9.17) is 24.1 Å². The summed E-state index contributed by atoms with van der Waals surface area (Å²) in [6, 6.07) is 3.71. The van der Waals surface area contributed by atoms with Crippen LogP contribution in [-0.4, -0.2) is 83.4 Å². The summed E-state index contributed by atoms with van der Waals surface area (Å²) in [5.41, 5.74) is 0.00616. The molecule has 0 saturated carbocycles. The average Bonchev–Trinajstić information content (AvgIpc) is 3.21. The number of carbonyl (C=O) groups is 4. The minimum Gasteiger partial charge on any atom is -0.493 e. The van der Waals surface area contributed by atoms with Gasteiger partial charge in [-0.05, 0) is 51.1 Å². The minimum atomic E-state index is -1.60. The number of carboxylic acids is 1. The first-order valence-corrected chi connectivity index (χ1v) is 12.6. The number of esters is 2. The lowest BCUT2D eigenvalue weighted by molar-refractivity contribution is -0.170. The van der Waals surface area contributed by atoms with E-state index in [0.29, 0.717) is 24.3 Å².